The second kappa shape index (κ2) is 10.5. The molecule has 0 aliphatic rings. The van der Waals surface area contributed by atoms with E-state index in [2.05, 4.69) is 38.5 Å². The summed E-state index contributed by atoms with van der Waals surface area (Å²) in [4.78, 5) is 18.0. The molecule has 2 aromatic rings. The Kier molecular flexibility index (Phi) is 7.98. The third-order valence-electron chi connectivity index (χ3n) is 3.54. The van der Waals surface area contributed by atoms with Crippen LogP contribution in [0.5, 0.6) is 0 Å². The maximum atomic E-state index is 12.1. The fourth-order valence-corrected chi connectivity index (χ4v) is 3.02. The lowest BCUT2D eigenvalue weighted by molar-refractivity contribution is 0.0954. The van der Waals surface area contributed by atoms with Crippen molar-refractivity contribution in [3.63, 3.8) is 0 Å². The average Bonchev–Trinajstić information content (AvgIpc) is 3.12. The molecule has 0 spiro atoms. The van der Waals surface area contributed by atoms with Gasteiger partial charge in [-0.15, -0.1) is 11.3 Å². The highest BCUT2D eigenvalue weighted by atomic mass is 32.1. The minimum atomic E-state index is -0.0508. The largest absolute Gasteiger partial charge is 0.357 e. The number of benzene rings is 1. The molecule has 1 aromatic heterocycles. The number of rotatable bonds is 8. The lowest BCUT2D eigenvalue weighted by atomic mass is 10.1. The summed E-state index contributed by atoms with van der Waals surface area (Å²) >= 11 is 1.75. The van der Waals surface area contributed by atoms with Crippen LogP contribution in [0, 0.1) is 6.92 Å². The van der Waals surface area contributed by atoms with E-state index >= 15 is 0 Å². The molecule has 0 bridgehead atoms. The highest BCUT2D eigenvalue weighted by molar-refractivity contribution is 7.09. The second-order valence-electron chi connectivity index (χ2n) is 5.64. The van der Waals surface area contributed by atoms with E-state index in [0.29, 0.717) is 18.7 Å². The minimum absolute atomic E-state index is 0.0508. The fraction of sp³-hybridized carbons (Fsp3) is 0.368. The van der Waals surface area contributed by atoms with Crippen LogP contribution in [-0.2, 0) is 6.42 Å². The molecule has 1 aromatic carbocycles. The molecule has 0 fully saturated rings. The van der Waals surface area contributed by atoms with Crippen LogP contribution in [0.25, 0.3) is 0 Å². The Morgan fingerprint density at radius 2 is 1.96 bits per heavy atom. The first-order chi connectivity index (χ1) is 12.2. The summed E-state index contributed by atoms with van der Waals surface area (Å²) in [5, 5.41) is 11.5. The van der Waals surface area contributed by atoms with Crippen molar-refractivity contribution < 1.29 is 4.79 Å². The quantitative estimate of drug-likeness (QED) is 0.386. The van der Waals surface area contributed by atoms with Gasteiger partial charge in [0.15, 0.2) is 5.96 Å². The van der Waals surface area contributed by atoms with Gasteiger partial charge in [-0.1, -0.05) is 23.8 Å². The third kappa shape index (κ3) is 6.97. The number of nitrogens with one attached hydrogen (secondary N) is 3. The van der Waals surface area contributed by atoms with Gasteiger partial charge in [0.2, 0.25) is 0 Å². The van der Waals surface area contributed by atoms with E-state index in [0.717, 1.165) is 31.0 Å². The zero-order valence-corrected chi connectivity index (χ0v) is 15.7. The summed E-state index contributed by atoms with van der Waals surface area (Å²) in [6.07, 6.45) is 0.943. The van der Waals surface area contributed by atoms with E-state index in [1.165, 1.54) is 4.88 Å². The molecule has 0 unspecified atom stereocenters. The molecule has 2 rings (SSSR count). The topological polar surface area (TPSA) is 65.5 Å². The zero-order chi connectivity index (χ0) is 17.9. The number of aryl methyl sites for hydroxylation is 1. The van der Waals surface area contributed by atoms with Crippen LogP contribution in [0.1, 0.15) is 27.7 Å². The molecular formula is C19H26N4OS. The maximum Gasteiger partial charge on any atom is 0.251 e. The Morgan fingerprint density at radius 1 is 1.12 bits per heavy atom. The van der Waals surface area contributed by atoms with Crippen molar-refractivity contribution in [1.82, 2.24) is 16.0 Å². The van der Waals surface area contributed by atoms with Crippen LogP contribution in [0.2, 0.25) is 0 Å². The molecule has 25 heavy (non-hydrogen) atoms. The lowest BCUT2D eigenvalue weighted by Gasteiger charge is -2.12. The van der Waals surface area contributed by atoms with Crippen LogP contribution >= 0.6 is 11.3 Å². The predicted octanol–water partition coefficient (Wildman–Crippen LogP) is 2.58. The van der Waals surface area contributed by atoms with Gasteiger partial charge < -0.3 is 16.0 Å². The van der Waals surface area contributed by atoms with Gasteiger partial charge in [0.05, 0.1) is 0 Å². The molecular weight excluding hydrogens is 332 g/mol. The molecule has 0 aliphatic heterocycles. The van der Waals surface area contributed by atoms with E-state index in [9.17, 15) is 4.79 Å². The molecule has 3 N–H and O–H groups in total. The van der Waals surface area contributed by atoms with Crippen LogP contribution < -0.4 is 16.0 Å². The summed E-state index contributed by atoms with van der Waals surface area (Å²) in [5.74, 6) is 0.731. The Morgan fingerprint density at radius 3 is 2.68 bits per heavy atom. The summed E-state index contributed by atoms with van der Waals surface area (Å²) in [6.45, 7) is 6.74. The number of carbonyl (C=O) groups is 1. The van der Waals surface area contributed by atoms with Gasteiger partial charge >= 0.3 is 0 Å². The smallest absolute Gasteiger partial charge is 0.251 e. The number of nitrogens with zero attached hydrogens (tertiary/aromatic N) is 1. The maximum absolute atomic E-state index is 12.1. The summed E-state index contributed by atoms with van der Waals surface area (Å²) in [5.41, 5.74) is 1.77. The number of amides is 1. The number of guanidine groups is 1. The third-order valence-corrected chi connectivity index (χ3v) is 4.47. The highest BCUT2D eigenvalue weighted by Gasteiger charge is 2.04. The Hall–Kier alpha value is -2.34. The van der Waals surface area contributed by atoms with Crippen molar-refractivity contribution in [2.45, 2.75) is 20.3 Å². The van der Waals surface area contributed by atoms with Crippen molar-refractivity contribution in [3.8, 4) is 0 Å². The molecule has 1 heterocycles. The fourth-order valence-electron chi connectivity index (χ4n) is 2.32. The van der Waals surface area contributed by atoms with Gasteiger partial charge in [-0.05, 0) is 37.4 Å². The van der Waals surface area contributed by atoms with Crippen LogP contribution in [0.3, 0.4) is 0 Å². The standard InChI is InChI=1S/C19H26N4OS/c1-3-20-19(22-10-9-17-8-5-13-25-17)23-12-11-21-18(24)16-7-4-6-15(2)14-16/h4-8,13-14H,3,9-12H2,1-2H3,(H,21,24)(H2,20,22,23). The monoisotopic (exact) mass is 358 g/mol. The summed E-state index contributed by atoms with van der Waals surface area (Å²) in [6, 6.07) is 11.8. The number of aliphatic imine (C=N–C) groups is 1. The van der Waals surface area contributed by atoms with Gasteiger partial charge in [0.1, 0.15) is 0 Å². The van der Waals surface area contributed by atoms with Crippen molar-refractivity contribution in [3.05, 3.63) is 57.8 Å². The first kappa shape index (κ1) is 19.0. The molecule has 0 saturated heterocycles. The first-order valence-electron chi connectivity index (χ1n) is 8.58. The Labute approximate surface area is 153 Å². The SMILES string of the molecule is CCNC(=NCCc1cccs1)NCCNC(=O)c1cccc(C)c1. The molecule has 134 valence electrons. The molecule has 0 atom stereocenters. The molecule has 6 heteroatoms. The van der Waals surface area contributed by atoms with Crippen molar-refractivity contribution in [2.75, 3.05) is 26.2 Å². The van der Waals surface area contributed by atoms with Gasteiger partial charge in [-0.25, -0.2) is 0 Å². The lowest BCUT2D eigenvalue weighted by Crippen LogP contribution is -2.41. The van der Waals surface area contributed by atoms with Crippen molar-refractivity contribution >= 4 is 23.2 Å². The van der Waals surface area contributed by atoms with Crippen molar-refractivity contribution in [2.24, 2.45) is 4.99 Å². The summed E-state index contributed by atoms with van der Waals surface area (Å²) < 4.78 is 0. The van der Waals surface area contributed by atoms with Gasteiger partial charge in [0, 0.05) is 43.0 Å². The number of hydrogen-bond acceptors (Lipinski definition) is 3. The average molecular weight is 359 g/mol. The minimum Gasteiger partial charge on any atom is -0.357 e. The number of thiophene rings is 1. The number of carbonyl (C=O) groups excluding carboxylic acids is 1. The summed E-state index contributed by atoms with van der Waals surface area (Å²) in [7, 11) is 0. The molecule has 0 saturated carbocycles. The Bertz CT molecular complexity index is 682. The molecule has 5 nitrogen and oxygen atoms in total. The van der Waals surface area contributed by atoms with E-state index in [1.807, 2.05) is 38.1 Å². The van der Waals surface area contributed by atoms with E-state index < -0.39 is 0 Å². The second-order valence-corrected chi connectivity index (χ2v) is 6.67. The molecule has 1 amide bonds. The first-order valence-corrected chi connectivity index (χ1v) is 9.46. The van der Waals surface area contributed by atoms with Gasteiger partial charge in [-0.2, -0.15) is 0 Å². The molecule has 0 radical (unpaired) electrons. The van der Waals surface area contributed by atoms with E-state index in [1.54, 1.807) is 11.3 Å². The van der Waals surface area contributed by atoms with Gasteiger partial charge in [0.25, 0.3) is 5.91 Å². The Balaban J connectivity index is 1.72. The van der Waals surface area contributed by atoms with Crippen LogP contribution in [-0.4, -0.2) is 38.0 Å². The van der Waals surface area contributed by atoms with Crippen molar-refractivity contribution in [1.29, 1.82) is 0 Å². The van der Waals surface area contributed by atoms with Gasteiger partial charge in [-0.3, -0.25) is 9.79 Å². The van der Waals surface area contributed by atoms with E-state index in [4.69, 9.17) is 0 Å². The number of hydrogen-bond donors (Lipinski definition) is 3. The molecule has 0 aliphatic carbocycles. The normalized spacial score (nSPS) is 11.2. The van der Waals surface area contributed by atoms with E-state index in [-0.39, 0.29) is 5.91 Å². The van der Waals surface area contributed by atoms with Crippen LogP contribution in [0.15, 0.2) is 46.8 Å². The predicted molar refractivity (Wildman–Crippen MR) is 106 cm³/mol. The van der Waals surface area contributed by atoms with Crippen LogP contribution in [0.4, 0.5) is 0 Å². The highest BCUT2D eigenvalue weighted by Crippen LogP contribution is 2.08. The zero-order valence-electron chi connectivity index (χ0n) is 14.8.